The number of allylic oxidation sites excluding steroid dienone is 1. The third-order valence-electron chi connectivity index (χ3n) is 5.23. The highest BCUT2D eigenvalue weighted by Crippen LogP contribution is 2.40. The number of benzene rings is 3. The monoisotopic (exact) mass is 428 g/mol. The van der Waals surface area contributed by atoms with Crippen LogP contribution in [0.2, 0.25) is 0 Å². The second-order valence-corrected chi connectivity index (χ2v) is 7.56. The van der Waals surface area contributed by atoms with Crippen molar-refractivity contribution in [2.45, 2.75) is 25.2 Å². The van der Waals surface area contributed by atoms with Gasteiger partial charge < -0.3 is 14.9 Å². The Bertz CT molecular complexity index is 1070. The lowest BCUT2D eigenvalue weighted by molar-refractivity contribution is -0.137. The summed E-state index contributed by atoms with van der Waals surface area (Å²) in [5, 5.41) is 20.0. The molecule has 1 atom stereocenters. The molecule has 0 heterocycles. The minimum atomic E-state index is -0.826. The summed E-state index contributed by atoms with van der Waals surface area (Å²) in [5.41, 5.74) is 3.59. The van der Waals surface area contributed by atoms with Crippen LogP contribution in [0.3, 0.4) is 0 Å². The Labute approximate surface area is 189 Å². The molecule has 1 unspecified atom stereocenters. The van der Waals surface area contributed by atoms with Crippen LogP contribution >= 0.6 is 0 Å². The van der Waals surface area contributed by atoms with Gasteiger partial charge in [0.25, 0.3) is 0 Å². The highest BCUT2D eigenvalue weighted by atomic mass is 16.5. The average Bonchev–Trinajstić information content (AvgIpc) is 2.81. The molecule has 4 nitrogen and oxygen atoms in total. The fourth-order valence-corrected chi connectivity index (χ4v) is 3.63. The molecule has 164 valence electrons. The molecule has 0 saturated heterocycles. The Balaban J connectivity index is 1.92. The van der Waals surface area contributed by atoms with Crippen molar-refractivity contribution in [3.05, 3.63) is 101 Å². The standard InChI is InChI=1S/C28H28O4/c1-32-26-20-23(16-15-21-9-4-2-5-10-21)19-25(29)28(26)24(13-8-14-27(30)31)18-17-22-11-6-3-7-12-22/h2-7,9-12,15-20,24,29H,8,13-14H2,1H3,(H,30,31)/b16-15+,18-17+. The number of carbonyl (C=O) groups is 1. The van der Waals surface area contributed by atoms with Crippen LogP contribution in [0.25, 0.3) is 18.2 Å². The zero-order valence-corrected chi connectivity index (χ0v) is 18.1. The summed E-state index contributed by atoms with van der Waals surface area (Å²) >= 11 is 0. The quantitative estimate of drug-likeness (QED) is 0.356. The maximum Gasteiger partial charge on any atom is 0.303 e. The van der Waals surface area contributed by atoms with E-state index in [9.17, 15) is 9.90 Å². The number of hydrogen-bond donors (Lipinski definition) is 2. The third-order valence-corrected chi connectivity index (χ3v) is 5.23. The first-order chi connectivity index (χ1) is 15.6. The molecule has 0 aliphatic rings. The van der Waals surface area contributed by atoms with E-state index in [-0.39, 0.29) is 18.1 Å². The lowest BCUT2D eigenvalue weighted by Gasteiger charge is -2.19. The van der Waals surface area contributed by atoms with Gasteiger partial charge >= 0.3 is 5.97 Å². The minimum absolute atomic E-state index is 0.0800. The first kappa shape index (κ1) is 22.9. The lowest BCUT2D eigenvalue weighted by atomic mass is 9.90. The molecular formula is C28H28O4. The maximum absolute atomic E-state index is 11.0. The van der Waals surface area contributed by atoms with Gasteiger partial charge in [-0.25, -0.2) is 0 Å². The highest BCUT2D eigenvalue weighted by molar-refractivity contribution is 5.72. The van der Waals surface area contributed by atoms with Crippen LogP contribution in [0.4, 0.5) is 0 Å². The lowest BCUT2D eigenvalue weighted by Crippen LogP contribution is -2.03. The predicted molar refractivity (Wildman–Crippen MR) is 130 cm³/mol. The number of phenolic OH excluding ortho intramolecular Hbond substituents is 1. The van der Waals surface area contributed by atoms with Gasteiger partial charge in [0.1, 0.15) is 11.5 Å². The van der Waals surface area contributed by atoms with E-state index in [0.29, 0.717) is 24.2 Å². The zero-order valence-electron chi connectivity index (χ0n) is 18.1. The Morgan fingerprint density at radius 3 is 2.09 bits per heavy atom. The van der Waals surface area contributed by atoms with Crippen LogP contribution in [0.5, 0.6) is 11.5 Å². The van der Waals surface area contributed by atoms with Crippen LogP contribution in [-0.2, 0) is 4.79 Å². The van der Waals surface area contributed by atoms with E-state index in [1.807, 2.05) is 91.0 Å². The second kappa shape index (κ2) is 11.6. The van der Waals surface area contributed by atoms with E-state index in [2.05, 4.69) is 0 Å². The molecule has 0 fully saturated rings. The smallest absolute Gasteiger partial charge is 0.303 e. The normalized spacial score (nSPS) is 12.3. The minimum Gasteiger partial charge on any atom is -0.507 e. The molecule has 32 heavy (non-hydrogen) atoms. The van der Waals surface area contributed by atoms with E-state index in [1.165, 1.54) is 0 Å². The summed E-state index contributed by atoms with van der Waals surface area (Å²) in [5.74, 6) is -0.295. The van der Waals surface area contributed by atoms with Crippen molar-refractivity contribution < 1.29 is 19.7 Å². The SMILES string of the molecule is COc1cc(/C=C/c2ccccc2)cc(O)c1C(/C=C/c1ccccc1)CCCC(=O)O. The molecule has 0 bridgehead atoms. The number of hydrogen-bond acceptors (Lipinski definition) is 3. The summed E-state index contributed by atoms with van der Waals surface area (Å²) in [6, 6.07) is 23.4. The van der Waals surface area contributed by atoms with Crippen molar-refractivity contribution in [2.24, 2.45) is 0 Å². The molecule has 0 radical (unpaired) electrons. The van der Waals surface area contributed by atoms with Crippen molar-refractivity contribution in [3.63, 3.8) is 0 Å². The van der Waals surface area contributed by atoms with Crippen molar-refractivity contribution in [1.82, 2.24) is 0 Å². The molecular weight excluding hydrogens is 400 g/mol. The number of carboxylic acid groups (broad SMARTS) is 1. The van der Waals surface area contributed by atoms with Gasteiger partial charge in [-0.05, 0) is 41.7 Å². The molecule has 3 aromatic carbocycles. The fraction of sp³-hybridized carbons (Fsp3) is 0.179. The Morgan fingerprint density at radius 1 is 0.906 bits per heavy atom. The topological polar surface area (TPSA) is 66.8 Å². The van der Waals surface area contributed by atoms with Gasteiger partial charge in [-0.2, -0.15) is 0 Å². The van der Waals surface area contributed by atoms with Crippen molar-refractivity contribution in [1.29, 1.82) is 0 Å². The van der Waals surface area contributed by atoms with Crippen LogP contribution in [-0.4, -0.2) is 23.3 Å². The number of rotatable bonds is 10. The Hall–Kier alpha value is -3.79. The maximum atomic E-state index is 11.0. The number of aliphatic carboxylic acids is 1. The Kier molecular flexibility index (Phi) is 8.27. The Morgan fingerprint density at radius 2 is 1.50 bits per heavy atom. The molecule has 3 rings (SSSR count). The molecule has 3 aromatic rings. The number of phenols is 1. The van der Waals surface area contributed by atoms with Crippen LogP contribution in [0, 0.1) is 0 Å². The van der Waals surface area contributed by atoms with E-state index >= 15 is 0 Å². The van der Waals surface area contributed by atoms with Crippen LogP contribution in [0.15, 0.2) is 78.9 Å². The molecule has 0 aromatic heterocycles. The van der Waals surface area contributed by atoms with Crippen molar-refractivity contribution >= 4 is 24.2 Å². The summed E-state index contributed by atoms with van der Waals surface area (Å²) in [6.07, 6.45) is 9.07. The summed E-state index contributed by atoms with van der Waals surface area (Å²) in [4.78, 5) is 11.0. The first-order valence-electron chi connectivity index (χ1n) is 10.7. The van der Waals surface area contributed by atoms with E-state index in [4.69, 9.17) is 9.84 Å². The highest BCUT2D eigenvalue weighted by Gasteiger charge is 2.19. The summed E-state index contributed by atoms with van der Waals surface area (Å²) in [6.45, 7) is 0. The first-order valence-corrected chi connectivity index (χ1v) is 10.7. The third kappa shape index (κ3) is 6.61. The van der Waals surface area contributed by atoms with Crippen molar-refractivity contribution in [2.75, 3.05) is 7.11 Å². The van der Waals surface area contributed by atoms with Gasteiger partial charge in [-0.3, -0.25) is 4.79 Å². The summed E-state index contributed by atoms with van der Waals surface area (Å²) < 4.78 is 5.64. The van der Waals surface area contributed by atoms with Gasteiger partial charge in [0.15, 0.2) is 0 Å². The number of carboxylic acids is 1. The fourth-order valence-electron chi connectivity index (χ4n) is 3.63. The molecule has 0 amide bonds. The number of aromatic hydroxyl groups is 1. The summed E-state index contributed by atoms with van der Waals surface area (Å²) in [7, 11) is 1.58. The van der Waals surface area contributed by atoms with E-state index in [0.717, 1.165) is 16.7 Å². The number of ether oxygens (including phenoxy) is 1. The molecule has 4 heteroatoms. The van der Waals surface area contributed by atoms with Gasteiger partial charge in [0.05, 0.1) is 7.11 Å². The molecule has 0 spiro atoms. The second-order valence-electron chi connectivity index (χ2n) is 7.56. The van der Waals surface area contributed by atoms with E-state index in [1.54, 1.807) is 13.2 Å². The molecule has 0 saturated carbocycles. The van der Waals surface area contributed by atoms with Crippen molar-refractivity contribution in [3.8, 4) is 11.5 Å². The molecule has 0 aliphatic heterocycles. The van der Waals surface area contributed by atoms with E-state index < -0.39 is 5.97 Å². The zero-order chi connectivity index (χ0) is 22.8. The number of methoxy groups -OCH3 is 1. The molecule has 2 N–H and O–H groups in total. The van der Waals surface area contributed by atoms with Gasteiger partial charge in [-0.15, -0.1) is 0 Å². The largest absolute Gasteiger partial charge is 0.507 e. The van der Waals surface area contributed by atoms with Gasteiger partial charge in [0.2, 0.25) is 0 Å². The van der Waals surface area contributed by atoms with Crippen LogP contribution < -0.4 is 4.74 Å². The van der Waals surface area contributed by atoms with Crippen LogP contribution in [0.1, 0.15) is 47.4 Å². The average molecular weight is 429 g/mol. The molecule has 0 aliphatic carbocycles. The van der Waals surface area contributed by atoms with Gasteiger partial charge in [-0.1, -0.05) is 85.0 Å². The predicted octanol–water partition coefficient (Wildman–Crippen LogP) is 6.62. The van der Waals surface area contributed by atoms with Gasteiger partial charge in [0, 0.05) is 17.9 Å².